The molecule has 0 unspecified atom stereocenters. The number of nitrogens with zero attached hydrogens (tertiary/aromatic N) is 5. The van der Waals surface area contributed by atoms with Crippen LogP contribution < -0.4 is 5.32 Å². The molecule has 0 aliphatic rings. The Bertz CT molecular complexity index is 821. The fourth-order valence-electron chi connectivity index (χ4n) is 2.48. The minimum absolute atomic E-state index is 0.0982. The monoisotopic (exact) mass is 327 g/mol. The van der Waals surface area contributed by atoms with E-state index in [4.69, 9.17) is 0 Å². The maximum absolute atomic E-state index is 12.0. The number of pyridine rings is 1. The van der Waals surface area contributed by atoms with Crippen molar-refractivity contribution in [2.24, 2.45) is 5.92 Å². The van der Waals surface area contributed by atoms with Gasteiger partial charge in [0.2, 0.25) is 11.9 Å². The van der Waals surface area contributed by atoms with Crippen molar-refractivity contribution in [1.82, 2.24) is 29.8 Å². The molecule has 3 aromatic heterocycles. The second kappa shape index (κ2) is 7.20. The molecule has 126 valence electrons. The van der Waals surface area contributed by atoms with Gasteiger partial charge in [0, 0.05) is 25.5 Å². The molecule has 0 atom stereocenters. The summed E-state index contributed by atoms with van der Waals surface area (Å²) in [6.07, 6.45) is 4.49. The highest BCUT2D eigenvalue weighted by molar-refractivity contribution is 5.88. The quantitative estimate of drug-likeness (QED) is 0.691. The van der Waals surface area contributed by atoms with E-state index in [1.165, 1.54) is 0 Å². The molecule has 0 saturated heterocycles. The predicted molar refractivity (Wildman–Crippen MR) is 89.5 cm³/mol. The Morgan fingerprint density at radius 1 is 1.33 bits per heavy atom. The lowest BCUT2D eigenvalue weighted by Gasteiger charge is -2.01. The lowest BCUT2D eigenvalue weighted by molar-refractivity contribution is -0.116. The fraction of sp³-hybridized carbons (Fsp3) is 0.438. The summed E-state index contributed by atoms with van der Waals surface area (Å²) in [5.41, 5.74) is 0.815. The first-order valence-corrected chi connectivity index (χ1v) is 8.11. The van der Waals surface area contributed by atoms with Crippen molar-refractivity contribution in [2.75, 3.05) is 5.32 Å². The number of aromatic amines is 1. The van der Waals surface area contributed by atoms with E-state index in [-0.39, 0.29) is 5.91 Å². The average Bonchev–Trinajstić information content (AvgIpc) is 3.14. The van der Waals surface area contributed by atoms with Gasteiger partial charge in [0.25, 0.3) is 0 Å². The summed E-state index contributed by atoms with van der Waals surface area (Å²) in [6.45, 7) is 4.21. The number of amides is 1. The SMILES string of the molecule is CC(C)Cc1nc(NC(=O)CCCc2nnc3ccccn23)n[nH]1. The van der Waals surface area contributed by atoms with Crippen LogP contribution in [0.5, 0.6) is 0 Å². The third-order valence-corrected chi connectivity index (χ3v) is 3.57. The summed E-state index contributed by atoms with van der Waals surface area (Å²) >= 11 is 0. The van der Waals surface area contributed by atoms with Gasteiger partial charge in [-0.05, 0) is 24.5 Å². The molecule has 3 rings (SSSR count). The van der Waals surface area contributed by atoms with Gasteiger partial charge >= 0.3 is 0 Å². The van der Waals surface area contributed by atoms with E-state index in [9.17, 15) is 4.79 Å². The molecule has 0 spiro atoms. The van der Waals surface area contributed by atoms with Crippen molar-refractivity contribution in [2.45, 2.75) is 39.5 Å². The Morgan fingerprint density at radius 2 is 2.21 bits per heavy atom. The summed E-state index contributed by atoms with van der Waals surface area (Å²) in [5, 5.41) is 17.8. The highest BCUT2D eigenvalue weighted by Crippen LogP contribution is 2.08. The van der Waals surface area contributed by atoms with Crippen molar-refractivity contribution in [3.63, 3.8) is 0 Å². The number of aryl methyl sites for hydroxylation is 1. The lowest BCUT2D eigenvalue weighted by Crippen LogP contribution is -2.13. The van der Waals surface area contributed by atoms with E-state index in [1.807, 2.05) is 28.8 Å². The lowest BCUT2D eigenvalue weighted by atomic mass is 10.1. The smallest absolute Gasteiger partial charge is 0.248 e. The minimum atomic E-state index is -0.0982. The number of H-pyrrole nitrogens is 1. The molecule has 0 saturated carbocycles. The van der Waals surface area contributed by atoms with Crippen LogP contribution in [0.4, 0.5) is 5.95 Å². The summed E-state index contributed by atoms with van der Waals surface area (Å²) in [7, 11) is 0. The first-order chi connectivity index (χ1) is 11.6. The summed E-state index contributed by atoms with van der Waals surface area (Å²) < 4.78 is 1.94. The Labute approximate surface area is 139 Å². The molecule has 2 N–H and O–H groups in total. The summed E-state index contributed by atoms with van der Waals surface area (Å²) in [4.78, 5) is 16.3. The molecule has 0 aromatic carbocycles. The average molecular weight is 327 g/mol. The number of carbonyl (C=O) groups excluding carboxylic acids is 1. The molecular formula is C16H21N7O. The zero-order valence-electron chi connectivity index (χ0n) is 13.9. The minimum Gasteiger partial charge on any atom is -0.293 e. The number of hydrogen-bond donors (Lipinski definition) is 2. The van der Waals surface area contributed by atoms with Crippen molar-refractivity contribution >= 4 is 17.5 Å². The third-order valence-electron chi connectivity index (χ3n) is 3.57. The van der Waals surface area contributed by atoms with E-state index >= 15 is 0 Å². The molecule has 0 fully saturated rings. The fourth-order valence-corrected chi connectivity index (χ4v) is 2.48. The van der Waals surface area contributed by atoms with Crippen LogP contribution in [0.25, 0.3) is 5.65 Å². The molecule has 3 aromatic rings. The molecule has 24 heavy (non-hydrogen) atoms. The van der Waals surface area contributed by atoms with Crippen molar-refractivity contribution < 1.29 is 4.79 Å². The normalized spacial score (nSPS) is 11.3. The molecule has 3 heterocycles. The van der Waals surface area contributed by atoms with Crippen LogP contribution in [0.15, 0.2) is 24.4 Å². The van der Waals surface area contributed by atoms with Gasteiger partial charge in [-0.25, -0.2) is 0 Å². The van der Waals surface area contributed by atoms with Crippen LogP contribution in [-0.4, -0.2) is 35.7 Å². The molecule has 8 nitrogen and oxygen atoms in total. The van der Waals surface area contributed by atoms with E-state index < -0.39 is 0 Å². The number of carbonyl (C=O) groups is 1. The largest absolute Gasteiger partial charge is 0.293 e. The number of hydrogen-bond acceptors (Lipinski definition) is 5. The highest BCUT2D eigenvalue weighted by atomic mass is 16.1. The van der Waals surface area contributed by atoms with Crippen LogP contribution in [0.2, 0.25) is 0 Å². The van der Waals surface area contributed by atoms with Gasteiger partial charge in [0.05, 0.1) is 0 Å². The van der Waals surface area contributed by atoms with Crippen molar-refractivity contribution in [1.29, 1.82) is 0 Å². The van der Waals surface area contributed by atoms with Crippen molar-refractivity contribution in [3.8, 4) is 0 Å². The van der Waals surface area contributed by atoms with Gasteiger partial charge in [0.15, 0.2) is 5.65 Å². The first kappa shape index (κ1) is 16.1. The number of anilines is 1. The van der Waals surface area contributed by atoms with Crippen LogP contribution in [0, 0.1) is 5.92 Å². The summed E-state index contributed by atoms with van der Waals surface area (Å²) in [5.74, 6) is 2.37. The van der Waals surface area contributed by atoms with Gasteiger partial charge in [-0.3, -0.25) is 19.6 Å². The van der Waals surface area contributed by atoms with E-state index in [1.54, 1.807) is 0 Å². The number of rotatable bonds is 7. The molecule has 0 radical (unpaired) electrons. The van der Waals surface area contributed by atoms with Crippen LogP contribution >= 0.6 is 0 Å². The zero-order chi connectivity index (χ0) is 16.9. The Balaban J connectivity index is 1.48. The van der Waals surface area contributed by atoms with E-state index in [0.29, 0.717) is 31.1 Å². The molecule has 1 amide bonds. The maximum atomic E-state index is 12.0. The topological polar surface area (TPSA) is 101 Å². The van der Waals surface area contributed by atoms with E-state index in [0.717, 1.165) is 23.7 Å². The highest BCUT2D eigenvalue weighted by Gasteiger charge is 2.10. The molecule has 0 aliphatic heterocycles. The Kier molecular flexibility index (Phi) is 4.83. The van der Waals surface area contributed by atoms with Crippen LogP contribution in [0.3, 0.4) is 0 Å². The zero-order valence-corrected chi connectivity index (χ0v) is 13.9. The summed E-state index contributed by atoms with van der Waals surface area (Å²) in [6, 6.07) is 5.76. The maximum Gasteiger partial charge on any atom is 0.248 e. The second-order valence-electron chi connectivity index (χ2n) is 6.15. The number of fused-ring (bicyclic) bond motifs is 1. The van der Waals surface area contributed by atoms with Gasteiger partial charge in [-0.1, -0.05) is 19.9 Å². The molecular weight excluding hydrogens is 306 g/mol. The predicted octanol–water partition coefficient (Wildman–Crippen LogP) is 2.01. The van der Waals surface area contributed by atoms with Crippen LogP contribution in [-0.2, 0) is 17.6 Å². The molecule has 0 bridgehead atoms. The number of nitrogens with one attached hydrogen (secondary N) is 2. The van der Waals surface area contributed by atoms with Gasteiger partial charge in [-0.2, -0.15) is 4.98 Å². The standard InChI is InChI=1S/C16H21N7O/c1-11(2)10-12-17-16(22-19-12)18-15(24)8-5-7-14-21-20-13-6-3-4-9-23(13)14/h3-4,6,9,11H,5,7-8,10H2,1-2H3,(H2,17,18,19,22,24). The molecule has 0 aliphatic carbocycles. The van der Waals surface area contributed by atoms with Gasteiger partial charge in [-0.15, -0.1) is 15.3 Å². The first-order valence-electron chi connectivity index (χ1n) is 8.11. The molecule has 8 heteroatoms. The van der Waals surface area contributed by atoms with Gasteiger partial charge in [0.1, 0.15) is 11.6 Å². The number of aromatic nitrogens is 6. The van der Waals surface area contributed by atoms with Gasteiger partial charge < -0.3 is 0 Å². The van der Waals surface area contributed by atoms with Crippen LogP contribution in [0.1, 0.15) is 38.3 Å². The van der Waals surface area contributed by atoms with E-state index in [2.05, 4.69) is 44.5 Å². The third kappa shape index (κ3) is 3.95. The Morgan fingerprint density at radius 3 is 3.04 bits per heavy atom. The van der Waals surface area contributed by atoms with Crippen molar-refractivity contribution in [3.05, 3.63) is 36.0 Å². The Hall–Kier alpha value is -2.77. The second-order valence-corrected chi connectivity index (χ2v) is 6.15.